The smallest absolute Gasteiger partial charge is 0.0502 e. The average Bonchev–Trinajstić information content (AvgIpc) is 2.43. The summed E-state index contributed by atoms with van der Waals surface area (Å²) < 4.78 is 0. The Morgan fingerprint density at radius 3 is 2.68 bits per heavy atom. The molecule has 1 saturated heterocycles. The predicted molar refractivity (Wildman–Crippen MR) is 86.0 cm³/mol. The SMILES string of the molecule is CCC(N)C(c1ccc(Cl)cc1)N1CCSCC1C. The minimum absolute atomic E-state index is 0.173. The topological polar surface area (TPSA) is 29.3 Å². The van der Waals surface area contributed by atoms with Gasteiger partial charge < -0.3 is 5.73 Å². The van der Waals surface area contributed by atoms with Crippen molar-refractivity contribution in [3.63, 3.8) is 0 Å². The van der Waals surface area contributed by atoms with Crippen LogP contribution >= 0.6 is 23.4 Å². The van der Waals surface area contributed by atoms with E-state index >= 15 is 0 Å². The molecule has 1 aromatic carbocycles. The summed E-state index contributed by atoms with van der Waals surface area (Å²) in [4.78, 5) is 2.56. The molecule has 1 heterocycles. The molecule has 106 valence electrons. The van der Waals surface area contributed by atoms with E-state index in [4.69, 9.17) is 17.3 Å². The molecule has 0 aliphatic carbocycles. The molecule has 2 rings (SSSR count). The maximum atomic E-state index is 6.40. The third-order valence-corrected chi connectivity index (χ3v) is 5.31. The quantitative estimate of drug-likeness (QED) is 0.921. The lowest BCUT2D eigenvalue weighted by Crippen LogP contribution is -2.48. The molecule has 1 aliphatic heterocycles. The van der Waals surface area contributed by atoms with E-state index in [9.17, 15) is 0 Å². The fourth-order valence-corrected chi connectivity index (χ4v) is 3.89. The molecule has 2 nitrogen and oxygen atoms in total. The van der Waals surface area contributed by atoms with Gasteiger partial charge in [-0.15, -0.1) is 0 Å². The number of hydrogen-bond acceptors (Lipinski definition) is 3. The molecule has 1 aromatic rings. The first kappa shape index (κ1) is 15.2. The second kappa shape index (κ2) is 6.98. The van der Waals surface area contributed by atoms with Crippen molar-refractivity contribution in [3.8, 4) is 0 Å². The van der Waals surface area contributed by atoms with Crippen LogP contribution in [0.5, 0.6) is 0 Å². The molecule has 19 heavy (non-hydrogen) atoms. The molecule has 0 bridgehead atoms. The number of thioether (sulfide) groups is 1. The number of halogens is 1. The summed E-state index contributed by atoms with van der Waals surface area (Å²) in [5.74, 6) is 2.39. The Kier molecular flexibility index (Phi) is 5.58. The lowest BCUT2D eigenvalue weighted by Gasteiger charge is -2.42. The van der Waals surface area contributed by atoms with Crippen LogP contribution in [-0.4, -0.2) is 35.0 Å². The van der Waals surface area contributed by atoms with Crippen molar-refractivity contribution in [3.05, 3.63) is 34.9 Å². The van der Waals surface area contributed by atoms with Crippen LogP contribution in [0.4, 0.5) is 0 Å². The second-order valence-corrected chi connectivity index (χ2v) is 6.82. The van der Waals surface area contributed by atoms with Crippen molar-refractivity contribution >= 4 is 23.4 Å². The largest absolute Gasteiger partial charge is 0.326 e. The van der Waals surface area contributed by atoms with Crippen LogP contribution in [0.3, 0.4) is 0 Å². The predicted octanol–water partition coefficient (Wildman–Crippen LogP) is 3.56. The molecule has 0 saturated carbocycles. The van der Waals surface area contributed by atoms with E-state index in [-0.39, 0.29) is 6.04 Å². The molecule has 0 amide bonds. The summed E-state index contributed by atoms with van der Waals surface area (Å²) in [6, 6.07) is 9.24. The zero-order valence-electron chi connectivity index (χ0n) is 11.7. The van der Waals surface area contributed by atoms with Gasteiger partial charge >= 0.3 is 0 Å². The zero-order valence-corrected chi connectivity index (χ0v) is 13.3. The van der Waals surface area contributed by atoms with Crippen LogP contribution < -0.4 is 5.73 Å². The average molecular weight is 299 g/mol. The second-order valence-electron chi connectivity index (χ2n) is 5.23. The molecule has 2 N–H and O–H groups in total. The van der Waals surface area contributed by atoms with Gasteiger partial charge in [-0.25, -0.2) is 0 Å². The van der Waals surface area contributed by atoms with Gasteiger partial charge in [-0.1, -0.05) is 30.7 Å². The first-order chi connectivity index (χ1) is 9.13. The molecule has 1 aliphatic rings. The van der Waals surface area contributed by atoms with Crippen molar-refractivity contribution in [2.75, 3.05) is 18.1 Å². The standard InChI is InChI=1S/C15H23ClN2S/c1-3-14(17)15(12-4-6-13(16)7-5-12)18-8-9-19-10-11(18)2/h4-7,11,14-15H,3,8-10,17H2,1-2H3. The Labute approximate surface area is 125 Å². The van der Waals surface area contributed by atoms with Gasteiger partial charge in [-0.3, -0.25) is 4.90 Å². The van der Waals surface area contributed by atoms with Crippen LogP contribution in [-0.2, 0) is 0 Å². The fourth-order valence-electron chi connectivity index (χ4n) is 2.72. The highest BCUT2D eigenvalue weighted by Gasteiger charge is 2.30. The van der Waals surface area contributed by atoms with Crippen LogP contribution in [0.1, 0.15) is 31.9 Å². The molecular weight excluding hydrogens is 276 g/mol. The maximum Gasteiger partial charge on any atom is 0.0502 e. The Bertz CT molecular complexity index is 396. The molecule has 3 unspecified atom stereocenters. The minimum atomic E-state index is 0.173. The van der Waals surface area contributed by atoms with Gasteiger partial charge in [-0.05, 0) is 31.0 Å². The van der Waals surface area contributed by atoms with Crippen molar-refractivity contribution < 1.29 is 0 Å². The van der Waals surface area contributed by atoms with E-state index in [1.165, 1.54) is 17.1 Å². The minimum Gasteiger partial charge on any atom is -0.326 e. The fraction of sp³-hybridized carbons (Fsp3) is 0.600. The van der Waals surface area contributed by atoms with E-state index < -0.39 is 0 Å². The van der Waals surface area contributed by atoms with Crippen LogP contribution in [0.25, 0.3) is 0 Å². The van der Waals surface area contributed by atoms with E-state index in [1.807, 2.05) is 23.9 Å². The molecule has 3 atom stereocenters. The van der Waals surface area contributed by atoms with Gasteiger partial charge in [0.1, 0.15) is 0 Å². The highest BCUT2D eigenvalue weighted by atomic mass is 35.5. The lowest BCUT2D eigenvalue weighted by atomic mass is 9.95. The van der Waals surface area contributed by atoms with E-state index in [0.29, 0.717) is 12.1 Å². The van der Waals surface area contributed by atoms with Gasteiger partial charge in [0.15, 0.2) is 0 Å². The van der Waals surface area contributed by atoms with Gasteiger partial charge in [-0.2, -0.15) is 11.8 Å². The van der Waals surface area contributed by atoms with Gasteiger partial charge in [0.2, 0.25) is 0 Å². The van der Waals surface area contributed by atoms with E-state index in [0.717, 1.165) is 18.0 Å². The molecule has 0 aromatic heterocycles. The summed E-state index contributed by atoms with van der Waals surface area (Å²) in [5.41, 5.74) is 7.69. The molecule has 4 heteroatoms. The number of benzene rings is 1. The summed E-state index contributed by atoms with van der Waals surface area (Å²) >= 11 is 8.03. The van der Waals surface area contributed by atoms with Crippen molar-refractivity contribution in [1.82, 2.24) is 4.90 Å². The normalized spacial score (nSPS) is 24.1. The van der Waals surface area contributed by atoms with Gasteiger partial charge in [0, 0.05) is 35.2 Å². The summed E-state index contributed by atoms with van der Waals surface area (Å²) in [6.45, 7) is 5.58. The van der Waals surface area contributed by atoms with Crippen LogP contribution in [0.2, 0.25) is 5.02 Å². The highest BCUT2D eigenvalue weighted by Crippen LogP contribution is 2.31. The monoisotopic (exact) mass is 298 g/mol. The first-order valence-electron chi connectivity index (χ1n) is 6.98. The molecular formula is C15H23ClN2S. The van der Waals surface area contributed by atoms with Crippen LogP contribution in [0, 0.1) is 0 Å². The number of rotatable bonds is 4. The first-order valence-corrected chi connectivity index (χ1v) is 8.51. The van der Waals surface area contributed by atoms with Crippen molar-refractivity contribution in [2.45, 2.75) is 38.4 Å². The Morgan fingerprint density at radius 1 is 1.42 bits per heavy atom. The molecule has 0 radical (unpaired) electrons. The Hall–Kier alpha value is -0.220. The van der Waals surface area contributed by atoms with Crippen molar-refractivity contribution in [2.24, 2.45) is 5.73 Å². The highest BCUT2D eigenvalue weighted by molar-refractivity contribution is 7.99. The molecule has 1 fully saturated rings. The number of nitrogens with two attached hydrogens (primary N) is 1. The third-order valence-electron chi connectivity index (χ3n) is 3.86. The lowest BCUT2D eigenvalue weighted by molar-refractivity contribution is 0.137. The van der Waals surface area contributed by atoms with Gasteiger partial charge in [0.25, 0.3) is 0 Å². The Balaban J connectivity index is 2.27. The van der Waals surface area contributed by atoms with Gasteiger partial charge in [0.05, 0.1) is 6.04 Å². The van der Waals surface area contributed by atoms with Crippen molar-refractivity contribution in [1.29, 1.82) is 0 Å². The summed E-state index contributed by atoms with van der Waals surface area (Å²) in [6.07, 6.45) is 0.990. The zero-order chi connectivity index (χ0) is 13.8. The maximum absolute atomic E-state index is 6.40. The van der Waals surface area contributed by atoms with E-state index in [2.05, 4.69) is 30.9 Å². The molecule has 0 spiro atoms. The summed E-state index contributed by atoms with van der Waals surface area (Å²) in [5, 5.41) is 0.787. The number of nitrogens with zero attached hydrogens (tertiary/aromatic N) is 1. The van der Waals surface area contributed by atoms with Crippen LogP contribution in [0.15, 0.2) is 24.3 Å². The van der Waals surface area contributed by atoms with E-state index in [1.54, 1.807) is 0 Å². The Morgan fingerprint density at radius 2 is 2.11 bits per heavy atom. The summed E-state index contributed by atoms with van der Waals surface area (Å²) in [7, 11) is 0. The third kappa shape index (κ3) is 3.66. The number of hydrogen-bond donors (Lipinski definition) is 1.